The van der Waals surface area contributed by atoms with Crippen molar-refractivity contribution in [3.05, 3.63) is 64.4 Å². The lowest BCUT2D eigenvalue weighted by Crippen LogP contribution is -2.40. The number of carbonyl (C=O) groups is 1. The fraction of sp³-hybridized carbons (Fsp3) is 0.350. The number of hydrogen-bond donors (Lipinski definition) is 0. The Morgan fingerprint density at radius 1 is 1.35 bits per heavy atom. The van der Waals surface area contributed by atoms with E-state index < -0.39 is 5.76 Å². The number of piperidine rings is 1. The van der Waals surface area contributed by atoms with Crippen LogP contribution in [0.4, 0.5) is 0 Å². The number of hydrogen-bond acceptors (Lipinski definition) is 4. The Morgan fingerprint density at radius 3 is 3.04 bits per heavy atom. The van der Waals surface area contributed by atoms with Gasteiger partial charge in [0.1, 0.15) is 0 Å². The van der Waals surface area contributed by atoms with Crippen LogP contribution in [0.15, 0.2) is 51.9 Å². The van der Waals surface area contributed by atoms with Gasteiger partial charge in [-0.05, 0) is 55.0 Å². The van der Waals surface area contributed by atoms with Crippen molar-refractivity contribution >= 4 is 17.0 Å². The Bertz CT molecular complexity index is 990. The fourth-order valence-corrected chi connectivity index (χ4v) is 3.71. The summed E-state index contributed by atoms with van der Waals surface area (Å²) >= 11 is 0. The molecule has 1 fully saturated rings. The van der Waals surface area contributed by atoms with E-state index in [1.807, 2.05) is 17.2 Å². The third-order valence-electron chi connectivity index (χ3n) is 5.09. The van der Waals surface area contributed by atoms with Crippen LogP contribution in [0.5, 0.6) is 0 Å². The number of fused-ring (bicyclic) bond motifs is 1. The smallest absolute Gasteiger partial charge is 0.408 e. The van der Waals surface area contributed by atoms with Crippen LogP contribution in [-0.4, -0.2) is 33.4 Å². The van der Waals surface area contributed by atoms with Crippen molar-refractivity contribution in [3.8, 4) is 0 Å². The fourth-order valence-electron chi connectivity index (χ4n) is 3.71. The first-order valence-corrected chi connectivity index (χ1v) is 8.89. The second-order valence-corrected chi connectivity index (χ2v) is 6.93. The second kappa shape index (κ2) is 6.78. The van der Waals surface area contributed by atoms with Crippen LogP contribution < -0.4 is 5.76 Å². The maximum atomic E-state index is 13.0. The van der Waals surface area contributed by atoms with Crippen LogP contribution in [0.25, 0.3) is 11.1 Å². The molecule has 6 heteroatoms. The van der Waals surface area contributed by atoms with Gasteiger partial charge in [-0.25, -0.2) is 4.79 Å². The van der Waals surface area contributed by atoms with Gasteiger partial charge in [-0.3, -0.25) is 14.3 Å². The second-order valence-electron chi connectivity index (χ2n) is 6.93. The van der Waals surface area contributed by atoms with Crippen molar-refractivity contribution in [1.82, 2.24) is 14.5 Å². The first-order valence-electron chi connectivity index (χ1n) is 8.89. The van der Waals surface area contributed by atoms with Gasteiger partial charge < -0.3 is 9.32 Å². The van der Waals surface area contributed by atoms with Gasteiger partial charge in [0.25, 0.3) is 5.91 Å². The SMILES string of the molecule is Cn1c(=O)oc2ccc(C(=O)N3CCC[C@H](Cc4cccnc4)C3)cc21. The molecule has 3 heterocycles. The first-order chi connectivity index (χ1) is 12.6. The van der Waals surface area contributed by atoms with E-state index in [2.05, 4.69) is 11.1 Å². The minimum Gasteiger partial charge on any atom is -0.408 e. The summed E-state index contributed by atoms with van der Waals surface area (Å²) in [5.41, 5.74) is 2.95. The number of aromatic nitrogens is 2. The highest BCUT2D eigenvalue weighted by Gasteiger charge is 2.25. The Balaban J connectivity index is 1.52. The lowest BCUT2D eigenvalue weighted by atomic mass is 9.91. The molecule has 0 bridgehead atoms. The Hall–Kier alpha value is -2.89. The van der Waals surface area contributed by atoms with Crippen molar-refractivity contribution in [2.45, 2.75) is 19.3 Å². The highest BCUT2D eigenvalue weighted by molar-refractivity contribution is 5.97. The summed E-state index contributed by atoms with van der Waals surface area (Å²) < 4.78 is 6.56. The number of oxazole rings is 1. The van der Waals surface area contributed by atoms with Crippen LogP contribution >= 0.6 is 0 Å². The number of benzene rings is 1. The lowest BCUT2D eigenvalue weighted by Gasteiger charge is -2.33. The number of rotatable bonds is 3. The van der Waals surface area contributed by atoms with Gasteiger partial charge in [-0.1, -0.05) is 6.07 Å². The molecule has 1 atom stereocenters. The van der Waals surface area contributed by atoms with Gasteiger partial charge in [0.2, 0.25) is 0 Å². The monoisotopic (exact) mass is 351 g/mol. The van der Waals surface area contributed by atoms with E-state index in [9.17, 15) is 9.59 Å². The van der Waals surface area contributed by atoms with Crippen LogP contribution in [0, 0.1) is 5.92 Å². The number of pyridine rings is 1. The Kier molecular flexibility index (Phi) is 4.32. The summed E-state index contributed by atoms with van der Waals surface area (Å²) in [6, 6.07) is 9.21. The van der Waals surface area contributed by atoms with Crippen LogP contribution in [0.3, 0.4) is 0 Å². The molecular formula is C20H21N3O3. The molecule has 0 saturated carbocycles. The summed E-state index contributed by atoms with van der Waals surface area (Å²) in [7, 11) is 1.65. The summed E-state index contributed by atoms with van der Waals surface area (Å²) in [6.07, 6.45) is 6.73. The molecule has 134 valence electrons. The molecule has 2 aromatic heterocycles. The largest absolute Gasteiger partial charge is 0.419 e. The first kappa shape index (κ1) is 16.6. The van der Waals surface area contributed by atoms with Gasteiger partial charge in [0.05, 0.1) is 5.52 Å². The summed E-state index contributed by atoms with van der Waals surface area (Å²) in [5, 5.41) is 0. The number of aryl methyl sites for hydroxylation is 1. The molecule has 0 spiro atoms. The summed E-state index contributed by atoms with van der Waals surface area (Å²) in [6.45, 7) is 1.51. The van der Waals surface area contributed by atoms with Crippen molar-refractivity contribution in [3.63, 3.8) is 0 Å². The predicted molar refractivity (Wildman–Crippen MR) is 98.0 cm³/mol. The van der Waals surface area contributed by atoms with E-state index in [4.69, 9.17) is 4.42 Å². The van der Waals surface area contributed by atoms with Gasteiger partial charge in [-0.2, -0.15) is 0 Å². The highest BCUT2D eigenvalue weighted by atomic mass is 16.4. The molecule has 1 aliphatic rings. The van der Waals surface area contributed by atoms with E-state index in [-0.39, 0.29) is 5.91 Å². The van der Waals surface area contributed by atoms with Crippen molar-refractivity contribution in [1.29, 1.82) is 0 Å². The molecule has 1 saturated heterocycles. The molecule has 1 amide bonds. The Morgan fingerprint density at radius 2 is 2.23 bits per heavy atom. The molecular weight excluding hydrogens is 330 g/mol. The quantitative estimate of drug-likeness (QED) is 0.727. The van der Waals surface area contributed by atoms with E-state index in [1.54, 1.807) is 31.4 Å². The zero-order valence-corrected chi connectivity index (χ0v) is 14.7. The number of amides is 1. The van der Waals surface area contributed by atoms with E-state index in [0.29, 0.717) is 22.6 Å². The average Bonchev–Trinajstić information content (AvgIpc) is 2.96. The zero-order chi connectivity index (χ0) is 18.1. The molecule has 4 rings (SSSR count). The van der Waals surface area contributed by atoms with Gasteiger partial charge in [-0.15, -0.1) is 0 Å². The lowest BCUT2D eigenvalue weighted by molar-refractivity contribution is 0.0673. The van der Waals surface area contributed by atoms with E-state index in [1.165, 1.54) is 10.1 Å². The van der Waals surface area contributed by atoms with Crippen LogP contribution in [0.2, 0.25) is 0 Å². The molecule has 1 aliphatic heterocycles. The van der Waals surface area contributed by atoms with Crippen molar-refractivity contribution < 1.29 is 9.21 Å². The van der Waals surface area contributed by atoms with Gasteiger partial charge >= 0.3 is 5.76 Å². The maximum absolute atomic E-state index is 13.0. The molecule has 0 N–H and O–H groups in total. The Labute approximate surface area is 151 Å². The number of carbonyl (C=O) groups excluding carboxylic acids is 1. The standard InChI is InChI=1S/C20H21N3O3/c1-22-17-11-16(6-7-18(17)26-20(22)25)19(24)23-9-3-5-15(13-23)10-14-4-2-8-21-12-14/h2,4,6-8,11-12,15H,3,5,9-10,13H2,1H3/t15-/m1/s1. The van der Waals surface area contributed by atoms with Crippen LogP contribution in [0.1, 0.15) is 28.8 Å². The predicted octanol–water partition coefficient (Wildman–Crippen LogP) is 2.62. The zero-order valence-electron chi connectivity index (χ0n) is 14.7. The average molecular weight is 351 g/mol. The third-order valence-corrected chi connectivity index (χ3v) is 5.09. The number of likely N-dealkylation sites (tertiary alicyclic amines) is 1. The highest BCUT2D eigenvalue weighted by Crippen LogP contribution is 2.23. The van der Waals surface area contributed by atoms with Crippen molar-refractivity contribution in [2.24, 2.45) is 13.0 Å². The molecule has 6 nitrogen and oxygen atoms in total. The van der Waals surface area contributed by atoms with Crippen LogP contribution in [-0.2, 0) is 13.5 Å². The third kappa shape index (κ3) is 3.14. The summed E-state index contributed by atoms with van der Waals surface area (Å²) in [5.74, 6) is 0.0365. The van der Waals surface area contributed by atoms with Gasteiger partial charge in [0, 0.05) is 38.1 Å². The minimum absolute atomic E-state index is 0.0106. The molecule has 26 heavy (non-hydrogen) atoms. The van der Waals surface area contributed by atoms with Gasteiger partial charge in [0.15, 0.2) is 5.58 Å². The van der Waals surface area contributed by atoms with E-state index in [0.717, 1.165) is 32.4 Å². The summed E-state index contributed by atoms with van der Waals surface area (Å²) in [4.78, 5) is 30.7. The van der Waals surface area contributed by atoms with Crippen molar-refractivity contribution in [2.75, 3.05) is 13.1 Å². The maximum Gasteiger partial charge on any atom is 0.419 e. The topological polar surface area (TPSA) is 68.3 Å². The van der Waals surface area contributed by atoms with E-state index >= 15 is 0 Å². The molecule has 1 aromatic carbocycles. The molecule has 0 unspecified atom stereocenters. The molecule has 0 radical (unpaired) electrons. The molecule has 0 aliphatic carbocycles. The normalized spacial score (nSPS) is 17.6. The number of nitrogens with zero attached hydrogens (tertiary/aromatic N) is 3. The minimum atomic E-state index is -0.417. The molecule has 3 aromatic rings.